The molecule has 1 aliphatic heterocycles. The van der Waals surface area contributed by atoms with Crippen LogP contribution in [-0.2, 0) is 9.59 Å². The quantitative estimate of drug-likeness (QED) is 0.689. The highest BCUT2D eigenvalue weighted by molar-refractivity contribution is 6.17. The first-order chi connectivity index (χ1) is 14.4. The van der Waals surface area contributed by atoms with Crippen LogP contribution in [0.4, 0.5) is 5.69 Å². The van der Waals surface area contributed by atoms with Crippen LogP contribution < -0.4 is 14.4 Å². The molecule has 0 saturated heterocycles. The van der Waals surface area contributed by atoms with Crippen molar-refractivity contribution < 1.29 is 24.2 Å². The predicted molar refractivity (Wildman–Crippen MR) is 115 cm³/mol. The molecule has 1 heterocycles. The van der Waals surface area contributed by atoms with E-state index in [2.05, 4.69) is 0 Å². The Bertz CT molecular complexity index is 979. The van der Waals surface area contributed by atoms with Gasteiger partial charge in [0.2, 0.25) is 0 Å². The van der Waals surface area contributed by atoms with Crippen molar-refractivity contribution in [3.8, 4) is 11.5 Å². The van der Waals surface area contributed by atoms with Crippen LogP contribution in [0.3, 0.4) is 0 Å². The van der Waals surface area contributed by atoms with Gasteiger partial charge in [-0.2, -0.15) is 0 Å². The number of rotatable bonds is 8. The molecule has 6 heteroatoms. The number of nitrogens with zero attached hydrogens (tertiary/aromatic N) is 1. The second kappa shape index (κ2) is 9.03. The monoisotopic (exact) mass is 409 g/mol. The number of carbonyl (C=O) groups excluding carboxylic acids is 2. The third kappa shape index (κ3) is 3.90. The number of benzene rings is 2. The summed E-state index contributed by atoms with van der Waals surface area (Å²) in [6, 6.07) is 13.5. The fourth-order valence-electron chi connectivity index (χ4n) is 3.56. The summed E-state index contributed by atoms with van der Waals surface area (Å²) in [5.74, 6) is -0.664. The molecule has 0 bridgehead atoms. The number of aliphatic hydroxyl groups excluding tert-OH is 1. The lowest BCUT2D eigenvalue weighted by Gasteiger charge is -2.28. The molecule has 158 valence electrons. The third-order valence-corrected chi connectivity index (χ3v) is 5.00. The molecular formula is C24H27NO5. The minimum Gasteiger partial charge on any atom is -0.503 e. The second-order valence-corrected chi connectivity index (χ2v) is 7.45. The number of ketones is 1. The topological polar surface area (TPSA) is 76.1 Å². The fourth-order valence-corrected chi connectivity index (χ4v) is 3.56. The molecule has 0 saturated carbocycles. The van der Waals surface area contributed by atoms with Crippen molar-refractivity contribution in [3.63, 3.8) is 0 Å². The predicted octanol–water partition coefficient (Wildman–Crippen LogP) is 4.61. The fraction of sp³-hybridized carbons (Fsp3) is 0.333. The average Bonchev–Trinajstić information content (AvgIpc) is 3.02. The summed E-state index contributed by atoms with van der Waals surface area (Å²) in [6.45, 7) is 6.05. The summed E-state index contributed by atoms with van der Waals surface area (Å²) in [7, 11) is 1.53. The molecule has 3 rings (SSSR count). The molecule has 0 aliphatic carbocycles. The molecule has 1 aliphatic rings. The maximum atomic E-state index is 13.1. The zero-order valence-electron chi connectivity index (χ0n) is 17.7. The zero-order valence-corrected chi connectivity index (χ0v) is 17.7. The summed E-state index contributed by atoms with van der Waals surface area (Å²) in [5.41, 5.74) is 1.24. The second-order valence-electron chi connectivity index (χ2n) is 7.45. The minimum absolute atomic E-state index is 0.0828. The van der Waals surface area contributed by atoms with Gasteiger partial charge in [0.25, 0.3) is 5.91 Å². The van der Waals surface area contributed by atoms with Crippen LogP contribution in [0.25, 0.3) is 0 Å². The molecular weight excluding hydrogens is 382 g/mol. The summed E-state index contributed by atoms with van der Waals surface area (Å²) in [5, 5.41) is 10.7. The molecule has 1 unspecified atom stereocenters. The van der Waals surface area contributed by atoms with E-state index >= 15 is 0 Å². The number of Topliss-reactive ketones (excluding diaryl/α,β-unsaturated/α-hetero) is 1. The van der Waals surface area contributed by atoms with Crippen molar-refractivity contribution in [1.29, 1.82) is 0 Å². The van der Waals surface area contributed by atoms with E-state index in [1.165, 1.54) is 12.0 Å². The Hall–Kier alpha value is -3.28. The summed E-state index contributed by atoms with van der Waals surface area (Å²) in [6.07, 6.45) is 0.853. The summed E-state index contributed by atoms with van der Waals surface area (Å²) < 4.78 is 11.2. The number of carbonyl (C=O) groups is 2. The number of amides is 1. The lowest BCUT2D eigenvalue weighted by Crippen LogP contribution is -2.31. The molecule has 2 aromatic carbocycles. The largest absolute Gasteiger partial charge is 0.503 e. The Morgan fingerprint density at radius 2 is 1.90 bits per heavy atom. The lowest BCUT2D eigenvalue weighted by atomic mass is 9.90. The van der Waals surface area contributed by atoms with Crippen LogP contribution in [-0.4, -0.2) is 30.5 Å². The molecule has 1 amide bonds. The Kier molecular flexibility index (Phi) is 6.45. The molecule has 0 radical (unpaired) electrons. The van der Waals surface area contributed by atoms with E-state index in [1.54, 1.807) is 44.2 Å². The maximum absolute atomic E-state index is 13.1. The van der Waals surface area contributed by atoms with Crippen LogP contribution in [0.15, 0.2) is 59.9 Å². The van der Waals surface area contributed by atoms with Crippen molar-refractivity contribution in [2.75, 3.05) is 18.6 Å². The van der Waals surface area contributed by atoms with Gasteiger partial charge in [0.15, 0.2) is 11.5 Å². The molecule has 6 nitrogen and oxygen atoms in total. The zero-order chi connectivity index (χ0) is 21.8. The first kappa shape index (κ1) is 21.4. The Balaban J connectivity index is 2.17. The molecule has 2 aromatic rings. The van der Waals surface area contributed by atoms with Gasteiger partial charge in [-0.1, -0.05) is 45.0 Å². The molecule has 0 fully saturated rings. The normalized spacial score (nSPS) is 16.4. The van der Waals surface area contributed by atoms with Crippen LogP contribution in [0.2, 0.25) is 0 Å². The standard InChI is InChI=1S/C24H27NO5/c1-5-13-30-17-10-8-9-16(14-17)25-21(18-11-6-7-12-19(18)29-4)20(22(26)15(2)3)23(27)24(25)28/h6-12,14-15,21,27H,5,13H2,1-4H3. The van der Waals surface area contributed by atoms with Crippen LogP contribution in [0.5, 0.6) is 11.5 Å². The Morgan fingerprint density at radius 3 is 2.57 bits per heavy atom. The van der Waals surface area contributed by atoms with Crippen LogP contribution >= 0.6 is 0 Å². The molecule has 30 heavy (non-hydrogen) atoms. The van der Waals surface area contributed by atoms with E-state index in [0.717, 1.165) is 6.42 Å². The van der Waals surface area contributed by atoms with Gasteiger partial charge in [-0.3, -0.25) is 14.5 Å². The van der Waals surface area contributed by atoms with Gasteiger partial charge in [0.05, 0.1) is 25.3 Å². The van der Waals surface area contributed by atoms with E-state index in [9.17, 15) is 14.7 Å². The minimum atomic E-state index is -0.801. The number of methoxy groups -OCH3 is 1. The number of hydrogen-bond acceptors (Lipinski definition) is 5. The average molecular weight is 409 g/mol. The van der Waals surface area contributed by atoms with E-state index in [0.29, 0.717) is 29.4 Å². The van der Waals surface area contributed by atoms with Gasteiger partial charge in [-0.25, -0.2) is 0 Å². The Labute approximate surface area is 176 Å². The third-order valence-electron chi connectivity index (χ3n) is 5.00. The van der Waals surface area contributed by atoms with Crippen LogP contribution in [0.1, 0.15) is 38.8 Å². The molecule has 1 N–H and O–H groups in total. The number of aliphatic hydroxyl groups is 1. The van der Waals surface area contributed by atoms with E-state index in [-0.39, 0.29) is 17.3 Å². The molecule has 0 spiro atoms. The van der Waals surface area contributed by atoms with Gasteiger partial charge >= 0.3 is 0 Å². The van der Waals surface area contributed by atoms with E-state index in [1.807, 2.05) is 25.1 Å². The number of anilines is 1. The lowest BCUT2D eigenvalue weighted by molar-refractivity contribution is -0.119. The van der Waals surface area contributed by atoms with Crippen molar-refractivity contribution in [2.24, 2.45) is 5.92 Å². The smallest absolute Gasteiger partial charge is 0.294 e. The Morgan fingerprint density at radius 1 is 1.17 bits per heavy atom. The van der Waals surface area contributed by atoms with Crippen molar-refractivity contribution in [3.05, 3.63) is 65.4 Å². The molecule has 1 atom stereocenters. The van der Waals surface area contributed by atoms with Gasteiger partial charge in [0, 0.05) is 23.2 Å². The first-order valence-electron chi connectivity index (χ1n) is 10.1. The highest BCUT2D eigenvalue weighted by Gasteiger charge is 2.45. The van der Waals surface area contributed by atoms with Crippen molar-refractivity contribution in [1.82, 2.24) is 0 Å². The van der Waals surface area contributed by atoms with E-state index in [4.69, 9.17) is 9.47 Å². The van der Waals surface area contributed by atoms with Crippen molar-refractivity contribution in [2.45, 2.75) is 33.2 Å². The van der Waals surface area contributed by atoms with Gasteiger partial charge in [-0.15, -0.1) is 0 Å². The number of ether oxygens (including phenoxy) is 2. The van der Waals surface area contributed by atoms with Gasteiger partial charge < -0.3 is 14.6 Å². The number of hydrogen-bond donors (Lipinski definition) is 1. The highest BCUT2D eigenvalue weighted by Crippen LogP contribution is 2.45. The maximum Gasteiger partial charge on any atom is 0.294 e. The summed E-state index contributed by atoms with van der Waals surface area (Å²) in [4.78, 5) is 27.6. The first-order valence-corrected chi connectivity index (χ1v) is 10.1. The summed E-state index contributed by atoms with van der Waals surface area (Å²) >= 11 is 0. The highest BCUT2D eigenvalue weighted by atomic mass is 16.5. The van der Waals surface area contributed by atoms with Crippen molar-refractivity contribution >= 4 is 17.4 Å². The van der Waals surface area contributed by atoms with E-state index < -0.39 is 17.7 Å². The van der Waals surface area contributed by atoms with Gasteiger partial charge in [-0.05, 0) is 24.6 Å². The van der Waals surface area contributed by atoms with Gasteiger partial charge in [0.1, 0.15) is 11.5 Å². The number of para-hydroxylation sites is 1. The SMILES string of the molecule is CCCOc1cccc(N2C(=O)C(O)=C(C(=O)C(C)C)C2c2ccccc2OC)c1. The van der Waals surface area contributed by atoms with Crippen LogP contribution in [0, 0.1) is 5.92 Å². The molecule has 0 aromatic heterocycles.